The molecule has 1 atom stereocenters. The van der Waals surface area contributed by atoms with Crippen molar-refractivity contribution in [3.8, 4) is 11.5 Å². The first-order chi connectivity index (χ1) is 15.5. The highest BCUT2D eigenvalue weighted by atomic mass is 16.5. The average molecular weight is 433 g/mol. The number of rotatable bonds is 11. The van der Waals surface area contributed by atoms with Gasteiger partial charge in [0.25, 0.3) is 5.91 Å². The number of carbonyl (C=O) groups excluding carboxylic acids is 1. The highest BCUT2D eigenvalue weighted by Gasteiger charge is 2.10. The van der Waals surface area contributed by atoms with Crippen LogP contribution in [0.15, 0.2) is 72.8 Å². The summed E-state index contributed by atoms with van der Waals surface area (Å²) in [5.41, 5.74) is 4.35. The quantitative estimate of drug-likeness (QED) is 0.441. The zero-order valence-electron chi connectivity index (χ0n) is 19.1. The Hall–Kier alpha value is -3.31. The lowest BCUT2D eigenvalue weighted by molar-refractivity contribution is -0.118. The van der Waals surface area contributed by atoms with Crippen LogP contribution in [0.2, 0.25) is 0 Å². The predicted octanol–water partition coefficient (Wildman–Crippen LogP) is 5.13. The van der Waals surface area contributed by atoms with E-state index in [0.717, 1.165) is 36.2 Å². The number of aryl methyl sites for hydroxylation is 2. The summed E-state index contributed by atoms with van der Waals surface area (Å²) in [5, 5.41) is 6.39. The molecule has 3 aromatic rings. The molecule has 3 aromatic carbocycles. The van der Waals surface area contributed by atoms with Crippen LogP contribution in [0.1, 0.15) is 30.0 Å². The SMILES string of the molecule is COc1cc(CN[C@@H](C)CCc2ccccc2)ccc1OCC(=O)Nc1ccc(C)cc1. The molecule has 2 N–H and O–H groups in total. The molecule has 0 bridgehead atoms. The Balaban J connectivity index is 1.47. The third-order valence-corrected chi connectivity index (χ3v) is 5.29. The molecular formula is C27H32N2O3. The Morgan fingerprint density at radius 1 is 0.938 bits per heavy atom. The van der Waals surface area contributed by atoms with Crippen molar-refractivity contribution in [3.05, 3.63) is 89.5 Å². The third kappa shape index (κ3) is 7.43. The summed E-state index contributed by atoms with van der Waals surface area (Å²) >= 11 is 0. The van der Waals surface area contributed by atoms with E-state index in [-0.39, 0.29) is 12.5 Å². The number of anilines is 1. The molecule has 0 fully saturated rings. The summed E-state index contributed by atoms with van der Waals surface area (Å²) in [6, 6.07) is 24.4. The number of methoxy groups -OCH3 is 1. The third-order valence-electron chi connectivity index (χ3n) is 5.29. The molecule has 0 aliphatic heterocycles. The maximum Gasteiger partial charge on any atom is 0.262 e. The second-order valence-electron chi connectivity index (χ2n) is 7.99. The summed E-state index contributed by atoms with van der Waals surface area (Å²) in [5.74, 6) is 0.950. The van der Waals surface area contributed by atoms with Crippen LogP contribution in [0.3, 0.4) is 0 Å². The van der Waals surface area contributed by atoms with Gasteiger partial charge < -0.3 is 20.1 Å². The standard InChI is InChI=1S/C27H32N2O3/c1-20-9-14-24(15-10-20)29-27(30)19-32-25-16-13-23(17-26(25)31-3)18-28-21(2)11-12-22-7-5-4-6-8-22/h4-10,13-17,21,28H,11-12,18-19H2,1-3H3,(H,29,30)/t21-/m0/s1. The number of hydrogen-bond acceptors (Lipinski definition) is 4. The van der Waals surface area contributed by atoms with Crippen LogP contribution in [0, 0.1) is 6.92 Å². The predicted molar refractivity (Wildman–Crippen MR) is 129 cm³/mol. The van der Waals surface area contributed by atoms with Gasteiger partial charge in [-0.2, -0.15) is 0 Å². The van der Waals surface area contributed by atoms with E-state index < -0.39 is 0 Å². The minimum absolute atomic E-state index is 0.0850. The molecule has 5 nitrogen and oxygen atoms in total. The molecule has 0 aliphatic rings. The number of amides is 1. The molecule has 0 aromatic heterocycles. The molecule has 0 spiro atoms. The lowest BCUT2D eigenvalue weighted by Gasteiger charge is -2.16. The minimum Gasteiger partial charge on any atom is -0.493 e. The van der Waals surface area contributed by atoms with Gasteiger partial charge in [0.15, 0.2) is 18.1 Å². The van der Waals surface area contributed by atoms with Gasteiger partial charge in [0.1, 0.15) is 0 Å². The first-order valence-electron chi connectivity index (χ1n) is 11.0. The highest BCUT2D eigenvalue weighted by Crippen LogP contribution is 2.28. The minimum atomic E-state index is -0.214. The molecule has 0 heterocycles. The van der Waals surface area contributed by atoms with Crippen LogP contribution in [0.5, 0.6) is 11.5 Å². The number of benzene rings is 3. The largest absolute Gasteiger partial charge is 0.493 e. The molecule has 0 saturated carbocycles. The summed E-state index contributed by atoms with van der Waals surface area (Å²) in [7, 11) is 1.61. The zero-order chi connectivity index (χ0) is 22.8. The van der Waals surface area contributed by atoms with Gasteiger partial charge in [-0.05, 0) is 62.1 Å². The Bertz CT molecular complexity index is 988. The number of nitrogens with one attached hydrogen (secondary N) is 2. The van der Waals surface area contributed by atoms with Crippen molar-refractivity contribution in [2.75, 3.05) is 19.0 Å². The van der Waals surface area contributed by atoms with Crippen molar-refractivity contribution in [3.63, 3.8) is 0 Å². The molecule has 3 rings (SSSR count). The van der Waals surface area contributed by atoms with Gasteiger partial charge in [-0.15, -0.1) is 0 Å². The Morgan fingerprint density at radius 2 is 1.69 bits per heavy atom. The van der Waals surface area contributed by atoms with Crippen molar-refractivity contribution in [2.45, 2.75) is 39.3 Å². The van der Waals surface area contributed by atoms with E-state index in [1.165, 1.54) is 5.56 Å². The second-order valence-corrected chi connectivity index (χ2v) is 7.99. The van der Waals surface area contributed by atoms with Crippen molar-refractivity contribution in [2.24, 2.45) is 0 Å². The molecule has 0 unspecified atom stereocenters. The normalized spacial score (nSPS) is 11.6. The molecule has 32 heavy (non-hydrogen) atoms. The smallest absolute Gasteiger partial charge is 0.262 e. The van der Waals surface area contributed by atoms with Crippen LogP contribution in [-0.2, 0) is 17.8 Å². The zero-order valence-corrected chi connectivity index (χ0v) is 19.1. The summed E-state index contributed by atoms with van der Waals surface area (Å²) < 4.78 is 11.2. The van der Waals surface area contributed by atoms with E-state index in [4.69, 9.17) is 9.47 Å². The molecule has 1 amide bonds. The van der Waals surface area contributed by atoms with Crippen LogP contribution >= 0.6 is 0 Å². The van der Waals surface area contributed by atoms with E-state index in [1.807, 2.05) is 55.5 Å². The van der Waals surface area contributed by atoms with E-state index in [0.29, 0.717) is 17.5 Å². The highest BCUT2D eigenvalue weighted by molar-refractivity contribution is 5.91. The summed E-state index contributed by atoms with van der Waals surface area (Å²) in [4.78, 5) is 12.2. The fourth-order valence-corrected chi connectivity index (χ4v) is 3.34. The fourth-order valence-electron chi connectivity index (χ4n) is 3.34. The van der Waals surface area contributed by atoms with Crippen LogP contribution < -0.4 is 20.1 Å². The molecule has 0 aliphatic carbocycles. The topological polar surface area (TPSA) is 59.6 Å². The van der Waals surface area contributed by atoms with Gasteiger partial charge in [0.05, 0.1) is 7.11 Å². The lowest BCUT2D eigenvalue weighted by Crippen LogP contribution is -2.26. The number of ether oxygens (including phenoxy) is 2. The number of hydrogen-bond donors (Lipinski definition) is 2. The summed E-state index contributed by atoms with van der Waals surface area (Å²) in [6.45, 7) is 4.86. The summed E-state index contributed by atoms with van der Waals surface area (Å²) in [6.07, 6.45) is 2.12. The molecule has 168 valence electrons. The van der Waals surface area contributed by atoms with Crippen LogP contribution in [-0.4, -0.2) is 25.7 Å². The first-order valence-corrected chi connectivity index (χ1v) is 11.0. The Kier molecular flexibility index (Phi) is 8.70. The molecule has 0 saturated heterocycles. The molecular weight excluding hydrogens is 400 g/mol. The fraction of sp³-hybridized carbons (Fsp3) is 0.296. The van der Waals surface area contributed by atoms with E-state index in [1.54, 1.807) is 7.11 Å². The van der Waals surface area contributed by atoms with Crippen molar-refractivity contribution in [1.29, 1.82) is 0 Å². The van der Waals surface area contributed by atoms with E-state index in [2.05, 4.69) is 41.8 Å². The van der Waals surface area contributed by atoms with Crippen molar-refractivity contribution >= 4 is 11.6 Å². The van der Waals surface area contributed by atoms with Crippen LogP contribution in [0.4, 0.5) is 5.69 Å². The Labute approximate surface area is 190 Å². The number of carbonyl (C=O) groups is 1. The van der Waals surface area contributed by atoms with Crippen molar-refractivity contribution in [1.82, 2.24) is 5.32 Å². The lowest BCUT2D eigenvalue weighted by atomic mass is 10.1. The molecule has 0 radical (unpaired) electrons. The Morgan fingerprint density at radius 3 is 2.41 bits per heavy atom. The van der Waals surface area contributed by atoms with Gasteiger partial charge in [-0.3, -0.25) is 4.79 Å². The molecule has 5 heteroatoms. The van der Waals surface area contributed by atoms with E-state index >= 15 is 0 Å². The van der Waals surface area contributed by atoms with E-state index in [9.17, 15) is 4.79 Å². The monoisotopic (exact) mass is 432 g/mol. The van der Waals surface area contributed by atoms with Crippen LogP contribution in [0.25, 0.3) is 0 Å². The van der Waals surface area contributed by atoms with Gasteiger partial charge in [-0.25, -0.2) is 0 Å². The van der Waals surface area contributed by atoms with Gasteiger partial charge in [0, 0.05) is 18.3 Å². The van der Waals surface area contributed by atoms with Crippen molar-refractivity contribution < 1.29 is 14.3 Å². The van der Waals surface area contributed by atoms with Gasteiger partial charge >= 0.3 is 0 Å². The van der Waals surface area contributed by atoms with Gasteiger partial charge in [0.2, 0.25) is 0 Å². The average Bonchev–Trinajstić information content (AvgIpc) is 2.82. The van der Waals surface area contributed by atoms with Gasteiger partial charge in [-0.1, -0.05) is 54.1 Å². The maximum atomic E-state index is 12.2. The second kappa shape index (κ2) is 11.9. The maximum absolute atomic E-state index is 12.2. The first kappa shape index (κ1) is 23.4.